The second-order valence-corrected chi connectivity index (χ2v) is 5.17. The second-order valence-electron chi connectivity index (χ2n) is 5.17. The van der Waals surface area contributed by atoms with Gasteiger partial charge in [0, 0.05) is 5.57 Å². The number of aliphatic hydroxyl groups excluding tert-OH is 1. The summed E-state index contributed by atoms with van der Waals surface area (Å²) in [6.45, 7) is 2.60. The van der Waals surface area contributed by atoms with Gasteiger partial charge in [-0.2, -0.15) is 0 Å². The van der Waals surface area contributed by atoms with Gasteiger partial charge in [0.25, 0.3) is 0 Å². The summed E-state index contributed by atoms with van der Waals surface area (Å²) < 4.78 is 5.07. The van der Waals surface area contributed by atoms with E-state index < -0.39 is 0 Å². The standard InChI is InChI=1S/C12H16O3/c1-6-2-8(13)3-7-5-15-12(14)11(7)10-4-9(6)10/h6,8-10,13H,2-5H2,1H3/t6-,8-,9+,10+/m1/s1. The van der Waals surface area contributed by atoms with Crippen LogP contribution in [0.2, 0.25) is 0 Å². The van der Waals surface area contributed by atoms with E-state index in [-0.39, 0.29) is 12.1 Å². The fourth-order valence-electron chi connectivity index (χ4n) is 3.18. The SMILES string of the molecule is C[C@@H]1C[C@@H](O)CC2=C(C(=O)OC2)[C@H]2C[C@@H]12. The molecule has 15 heavy (non-hydrogen) atoms. The molecule has 82 valence electrons. The van der Waals surface area contributed by atoms with Gasteiger partial charge >= 0.3 is 5.97 Å². The number of fused-ring (bicyclic) bond motifs is 2. The number of carbonyl (C=O) groups is 1. The van der Waals surface area contributed by atoms with Crippen molar-refractivity contribution >= 4 is 5.97 Å². The lowest BCUT2D eigenvalue weighted by Crippen LogP contribution is -2.18. The lowest BCUT2D eigenvalue weighted by Gasteiger charge is -2.19. The molecule has 0 saturated heterocycles. The number of esters is 1. The summed E-state index contributed by atoms with van der Waals surface area (Å²) in [5.74, 6) is 1.46. The highest BCUT2D eigenvalue weighted by molar-refractivity contribution is 5.93. The number of rotatable bonds is 0. The van der Waals surface area contributed by atoms with Gasteiger partial charge in [-0.1, -0.05) is 6.92 Å². The Balaban J connectivity index is 1.94. The smallest absolute Gasteiger partial charge is 0.334 e. The molecule has 1 aliphatic heterocycles. The first-order valence-electron chi connectivity index (χ1n) is 5.74. The third-order valence-corrected chi connectivity index (χ3v) is 4.05. The van der Waals surface area contributed by atoms with Crippen LogP contribution in [0.25, 0.3) is 0 Å². The number of aliphatic hydroxyl groups is 1. The zero-order chi connectivity index (χ0) is 10.6. The first-order valence-corrected chi connectivity index (χ1v) is 5.74. The van der Waals surface area contributed by atoms with Crippen molar-refractivity contribution in [3.05, 3.63) is 11.1 Å². The summed E-state index contributed by atoms with van der Waals surface area (Å²) >= 11 is 0. The highest BCUT2D eigenvalue weighted by atomic mass is 16.5. The number of carbonyl (C=O) groups excluding carboxylic acids is 1. The molecule has 3 nitrogen and oxygen atoms in total. The van der Waals surface area contributed by atoms with Crippen LogP contribution in [0, 0.1) is 17.8 Å². The third-order valence-electron chi connectivity index (χ3n) is 4.05. The number of hydrogen-bond donors (Lipinski definition) is 1. The van der Waals surface area contributed by atoms with Crippen molar-refractivity contribution in [1.82, 2.24) is 0 Å². The molecular weight excluding hydrogens is 192 g/mol. The maximum Gasteiger partial charge on any atom is 0.334 e. The second kappa shape index (κ2) is 3.08. The predicted molar refractivity (Wildman–Crippen MR) is 54.0 cm³/mol. The van der Waals surface area contributed by atoms with Crippen molar-refractivity contribution in [1.29, 1.82) is 0 Å². The third kappa shape index (κ3) is 1.41. The van der Waals surface area contributed by atoms with Crippen molar-refractivity contribution in [2.24, 2.45) is 17.8 Å². The van der Waals surface area contributed by atoms with E-state index in [4.69, 9.17) is 4.74 Å². The molecule has 0 aromatic heterocycles. The molecule has 0 bridgehead atoms. The van der Waals surface area contributed by atoms with Crippen LogP contribution < -0.4 is 0 Å². The van der Waals surface area contributed by atoms with Gasteiger partial charge in [0.2, 0.25) is 0 Å². The molecule has 1 heterocycles. The van der Waals surface area contributed by atoms with Crippen LogP contribution in [0.15, 0.2) is 11.1 Å². The van der Waals surface area contributed by atoms with E-state index in [1.165, 1.54) is 0 Å². The minimum atomic E-state index is -0.291. The van der Waals surface area contributed by atoms with Crippen LogP contribution in [0.5, 0.6) is 0 Å². The van der Waals surface area contributed by atoms with E-state index in [9.17, 15) is 9.90 Å². The molecule has 4 atom stereocenters. The predicted octanol–water partition coefficient (Wildman–Crippen LogP) is 1.27. The monoisotopic (exact) mass is 208 g/mol. The van der Waals surface area contributed by atoms with Crippen LogP contribution in [0.3, 0.4) is 0 Å². The van der Waals surface area contributed by atoms with Crippen LogP contribution >= 0.6 is 0 Å². The molecule has 3 rings (SSSR count). The Bertz CT molecular complexity index is 345. The number of ether oxygens (including phenoxy) is 1. The minimum Gasteiger partial charge on any atom is -0.458 e. The largest absolute Gasteiger partial charge is 0.458 e. The van der Waals surface area contributed by atoms with Crippen molar-refractivity contribution < 1.29 is 14.6 Å². The molecule has 0 radical (unpaired) electrons. The topological polar surface area (TPSA) is 46.5 Å². The quantitative estimate of drug-likeness (QED) is 0.610. The molecule has 1 fully saturated rings. The maximum atomic E-state index is 11.6. The van der Waals surface area contributed by atoms with E-state index >= 15 is 0 Å². The van der Waals surface area contributed by atoms with Crippen LogP contribution in [0.4, 0.5) is 0 Å². The normalized spacial score (nSPS) is 44.0. The summed E-state index contributed by atoms with van der Waals surface area (Å²) in [6, 6.07) is 0. The Morgan fingerprint density at radius 1 is 1.40 bits per heavy atom. The highest BCUT2D eigenvalue weighted by Crippen LogP contribution is 2.53. The molecule has 0 aromatic carbocycles. The average Bonchev–Trinajstić information content (AvgIpc) is 2.85. The average molecular weight is 208 g/mol. The Labute approximate surface area is 89.1 Å². The molecule has 2 aliphatic carbocycles. The molecular formula is C12H16O3. The lowest BCUT2D eigenvalue weighted by molar-refractivity contribution is -0.136. The molecule has 3 aliphatic rings. The summed E-state index contributed by atoms with van der Waals surface area (Å²) in [5, 5.41) is 9.85. The van der Waals surface area contributed by atoms with E-state index in [1.54, 1.807) is 0 Å². The van der Waals surface area contributed by atoms with Crippen molar-refractivity contribution in [2.75, 3.05) is 6.61 Å². The van der Waals surface area contributed by atoms with Gasteiger partial charge < -0.3 is 9.84 Å². The fraction of sp³-hybridized carbons (Fsp3) is 0.750. The fourth-order valence-corrected chi connectivity index (χ4v) is 3.18. The molecule has 0 unspecified atom stereocenters. The molecule has 1 N–H and O–H groups in total. The molecule has 3 heteroatoms. The van der Waals surface area contributed by atoms with Gasteiger partial charge in [-0.25, -0.2) is 4.79 Å². The molecule has 1 saturated carbocycles. The molecule has 0 aromatic rings. The van der Waals surface area contributed by atoms with E-state index in [2.05, 4.69) is 6.92 Å². The van der Waals surface area contributed by atoms with Gasteiger partial charge in [0.1, 0.15) is 6.61 Å². The minimum absolute atomic E-state index is 0.126. The Morgan fingerprint density at radius 2 is 2.20 bits per heavy atom. The highest BCUT2D eigenvalue weighted by Gasteiger charge is 2.50. The van der Waals surface area contributed by atoms with E-state index in [1.807, 2.05) is 0 Å². The first-order chi connectivity index (χ1) is 7.16. The first kappa shape index (κ1) is 9.40. The summed E-state index contributed by atoms with van der Waals surface area (Å²) in [5.41, 5.74) is 1.97. The number of hydrogen-bond acceptors (Lipinski definition) is 3. The van der Waals surface area contributed by atoms with Gasteiger partial charge in [-0.3, -0.25) is 0 Å². The van der Waals surface area contributed by atoms with Gasteiger partial charge in [0.15, 0.2) is 0 Å². The van der Waals surface area contributed by atoms with Crippen LogP contribution in [0.1, 0.15) is 26.2 Å². The zero-order valence-electron chi connectivity index (χ0n) is 8.90. The molecule has 0 spiro atoms. The van der Waals surface area contributed by atoms with Crippen LogP contribution in [-0.2, 0) is 9.53 Å². The van der Waals surface area contributed by atoms with Crippen molar-refractivity contribution in [3.8, 4) is 0 Å². The maximum absolute atomic E-state index is 11.6. The van der Waals surface area contributed by atoms with Gasteiger partial charge in [0.05, 0.1) is 6.10 Å². The zero-order valence-corrected chi connectivity index (χ0v) is 8.90. The van der Waals surface area contributed by atoms with Gasteiger partial charge in [-0.05, 0) is 42.6 Å². The van der Waals surface area contributed by atoms with E-state index in [0.717, 1.165) is 24.0 Å². The van der Waals surface area contributed by atoms with Crippen molar-refractivity contribution in [3.63, 3.8) is 0 Å². The Hall–Kier alpha value is -0.830. The van der Waals surface area contributed by atoms with Crippen molar-refractivity contribution in [2.45, 2.75) is 32.3 Å². The number of cyclic esters (lactones) is 1. The Morgan fingerprint density at radius 3 is 3.00 bits per heavy atom. The summed E-state index contributed by atoms with van der Waals surface area (Å²) in [4.78, 5) is 11.6. The summed E-state index contributed by atoms with van der Waals surface area (Å²) in [7, 11) is 0. The van der Waals surface area contributed by atoms with E-state index in [0.29, 0.717) is 30.8 Å². The lowest BCUT2D eigenvalue weighted by atomic mass is 9.88. The molecule has 0 amide bonds. The van der Waals surface area contributed by atoms with Crippen LogP contribution in [-0.4, -0.2) is 23.8 Å². The summed E-state index contributed by atoms with van der Waals surface area (Å²) in [6.07, 6.45) is 2.32. The van der Waals surface area contributed by atoms with Gasteiger partial charge in [-0.15, -0.1) is 0 Å². The Kier molecular flexibility index (Phi) is 1.93.